The van der Waals surface area contributed by atoms with Gasteiger partial charge in [0.2, 0.25) is 0 Å². The smallest absolute Gasteiger partial charge is 0.274 e. The molecule has 146 valence electrons. The summed E-state index contributed by atoms with van der Waals surface area (Å²) < 4.78 is 2.05. The van der Waals surface area contributed by atoms with Gasteiger partial charge in [0.05, 0.1) is 11.4 Å². The number of aromatic amines is 1. The summed E-state index contributed by atoms with van der Waals surface area (Å²) in [6.07, 6.45) is 4.26. The summed E-state index contributed by atoms with van der Waals surface area (Å²) in [6.45, 7) is 11.0. The molecule has 1 amide bonds. The standard InChI is InChI=1S/C20H30N6O/c1-14(11-18-15(2)21-22-16(18)3)25-9-6-10-26-17(13-25)12-19(23-26)20(27)24-7-4-5-8-24/h12,14H,4-11,13H2,1-3H3,(H,21,22)/t14-/m0/s1. The largest absolute Gasteiger partial charge is 0.337 e. The summed E-state index contributed by atoms with van der Waals surface area (Å²) in [4.78, 5) is 17.1. The van der Waals surface area contributed by atoms with E-state index in [-0.39, 0.29) is 5.91 Å². The zero-order chi connectivity index (χ0) is 19.0. The van der Waals surface area contributed by atoms with E-state index in [4.69, 9.17) is 0 Å². The van der Waals surface area contributed by atoms with Gasteiger partial charge in [-0.15, -0.1) is 0 Å². The average molecular weight is 371 g/mol. The summed E-state index contributed by atoms with van der Waals surface area (Å²) in [5.74, 6) is 0.0947. The lowest BCUT2D eigenvalue weighted by atomic mass is 10.0. The molecule has 0 bridgehead atoms. The second kappa shape index (κ2) is 7.46. The van der Waals surface area contributed by atoms with Gasteiger partial charge in [-0.25, -0.2) is 0 Å². The molecule has 0 spiro atoms. The molecule has 1 N–H and O–H groups in total. The monoisotopic (exact) mass is 370 g/mol. The number of carbonyl (C=O) groups excluding carboxylic acids is 1. The zero-order valence-electron chi connectivity index (χ0n) is 16.7. The van der Waals surface area contributed by atoms with Gasteiger partial charge in [0, 0.05) is 44.5 Å². The van der Waals surface area contributed by atoms with Gasteiger partial charge in [0.1, 0.15) is 0 Å². The maximum absolute atomic E-state index is 12.7. The van der Waals surface area contributed by atoms with Crippen molar-refractivity contribution < 1.29 is 4.79 Å². The number of nitrogens with one attached hydrogen (secondary N) is 1. The van der Waals surface area contributed by atoms with E-state index in [2.05, 4.69) is 41.0 Å². The summed E-state index contributed by atoms with van der Waals surface area (Å²) in [7, 11) is 0. The van der Waals surface area contributed by atoms with Gasteiger partial charge < -0.3 is 4.90 Å². The maximum atomic E-state index is 12.7. The molecule has 0 aromatic carbocycles. The molecule has 7 heteroatoms. The van der Waals surface area contributed by atoms with Crippen molar-refractivity contribution in [2.45, 2.75) is 65.6 Å². The van der Waals surface area contributed by atoms with Crippen LogP contribution in [0.5, 0.6) is 0 Å². The van der Waals surface area contributed by atoms with Crippen molar-refractivity contribution in [1.29, 1.82) is 0 Å². The third-order valence-electron chi connectivity index (χ3n) is 6.06. The van der Waals surface area contributed by atoms with Crippen molar-refractivity contribution in [3.8, 4) is 0 Å². The highest BCUT2D eigenvalue weighted by atomic mass is 16.2. The van der Waals surface area contributed by atoms with Crippen LogP contribution in [-0.2, 0) is 19.5 Å². The third kappa shape index (κ3) is 3.65. The summed E-state index contributed by atoms with van der Waals surface area (Å²) in [5.41, 5.74) is 5.35. The minimum atomic E-state index is 0.0947. The lowest BCUT2D eigenvalue weighted by Gasteiger charge is -2.27. The van der Waals surface area contributed by atoms with E-state index in [1.54, 1.807) is 0 Å². The van der Waals surface area contributed by atoms with Gasteiger partial charge in [0.25, 0.3) is 5.91 Å². The molecule has 4 heterocycles. The second-order valence-electron chi connectivity index (χ2n) is 8.03. The number of rotatable bonds is 4. The van der Waals surface area contributed by atoms with E-state index < -0.39 is 0 Å². The predicted octanol–water partition coefficient (Wildman–Crippen LogP) is 2.30. The first-order valence-electron chi connectivity index (χ1n) is 10.1. The number of hydrogen-bond acceptors (Lipinski definition) is 4. The van der Waals surface area contributed by atoms with Crippen LogP contribution in [0.15, 0.2) is 6.07 Å². The van der Waals surface area contributed by atoms with Crippen molar-refractivity contribution in [1.82, 2.24) is 29.8 Å². The fourth-order valence-corrected chi connectivity index (χ4v) is 4.35. The van der Waals surface area contributed by atoms with Crippen molar-refractivity contribution >= 4 is 5.91 Å². The molecule has 0 aliphatic carbocycles. The molecule has 7 nitrogen and oxygen atoms in total. The lowest BCUT2D eigenvalue weighted by Crippen LogP contribution is -2.34. The van der Waals surface area contributed by atoms with Crippen LogP contribution in [0.3, 0.4) is 0 Å². The van der Waals surface area contributed by atoms with Crippen molar-refractivity contribution in [2.75, 3.05) is 19.6 Å². The Bertz CT molecular complexity index is 797. The molecule has 1 atom stereocenters. The predicted molar refractivity (Wildman–Crippen MR) is 104 cm³/mol. The van der Waals surface area contributed by atoms with Crippen molar-refractivity contribution in [2.24, 2.45) is 0 Å². The van der Waals surface area contributed by atoms with E-state index in [9.17, 15) is 4.79 Å². The SMILES string of the molecule is Cc1n[nH]c(C)c1C[C@H](C)N1CCCn2nc(C(=O)N3CCCC3)cc2C1. The average Bonchev–Trinajstić information content (AvgIpc) is 3.36. The van der Waals surface area contributed by atoms with E-state index in [0.717, 1.165) is 75.5 Å². The normalized spacial score (nSPS) is 19.1. The number of hydrogen-bond donors (Lipinski definition) is 1. The Hall–Kier alpha value is -2.15. The minimum Gasteiger partial charge on any atom is -0.337 e. The highest BCUT2D eigenvalue weighted by Gasteiger charge is 2.26. The number of carbonyl (C=O) groups is 1. The lowest BCUT2D eigenvalue weighted by molar-refractivity contribution is 0.0786. The van der Waals surface area contributed by atoms with Gasteiger partial charge in [-0.2, -0.15) is 10.2 Å². The van der Waals surface area contributed by atoms with E-state index >= 15 is 0 Å². The Morgan fingerprint density at radius 1 is 1.19 bits per heavy atom. The van der Waals surface area contributed by atoms with Gasteiger partial charge in [-0.1, -0.05) is 0 Å². The molecule has 1 fully saturated rings. The molecule has 27 heavy (non-hydrogen) atoms. The molecule has 2 aliphatic rings. The number of aromatic nitrogens is 4. The molecular weight excluding hydrogens is 340 g/mol. The quantitative estimate of drug-likeness (QED) is 0.896. The van der Waals surface area contributed by atoms with Crippen LogP contribution in [0.4, 0.5) is 0 Å². The van der Waals surface area contributed by atoms with E-state index in [0.29, 0.717) is 11.7 Å². The molecular formula is C20H30N6O. The van der Waals surface area contributed by atoms with Gasteiger partial charge in [0.15, 0.2) is 5.69 Å². The number of likely N-dealkylation sites (tertiary alicyclic amines) is 1. The third-order valence-corrected chi connectivity index (χ3v) is 6.06. The van der Waals surface area contributed by atoms with Crippen molar-refractivity contribution in [3.63, 3.8) is 0 Å². The number of nitrogens with zero attached hydrogens (tertiary/aromatic N) is 5. The second-order valence-corrected chi connectivity index (χ2v) is 8.03. The van der Waals surface area contributed by atoms with Crippen molar-refractivity contribution in [3.05, 3.63) is 34.4 Å². The first-order valence-corrected chi connectivity index (χ1v) is 10.1. The number of fused-ring (bicyclic) bond motifs is 1. The minimum absolute atomic E-state index is 0.0947. The summed E-state index contributed by atoms with van der Waals surface area (Å²) >= 11 is 0. The summed E-state index contributed by atoms with van der Waals surface area (Å²) in [5, 5.41) is 12.1. The molecule has 0 saturated carbocycles. The number of aryl methyl sites for hydroxylation is 3. The van der Waals surface area contributed by atoms with E-state index in [1.807, 2.05) is 15.6 Å². The number of H-pyrrole nitrogens is 1. The highest BCUT2D eigenvalue weighted by Crippen LogP contribution is 2.21. The van der Waals surface area contributed by atoms with Crippen LogP contribution in [0.2, 0.25) is 0 Å². The molecule has 2 aromatic rings. The Morgan fingerprint density at radius 3 is 2.67 bits per heavy atom. The van der Waals surface area contributed by atoms with Crippen LogP contribution in [0, 0.1) is 13.8 Å². The topological polar surface area (TPSA) is 70.0 Å². The van der Waals surface area contributed by atoms with Gasteiger partial charge >= 0.3 is 0 Å². The molecule has 2 aromatic heterocycles. The Kier molecular flexibility index (Phi) is 5.04. The number of amides is 1. The van der Waals surface area contributed by atoms with E-state index in [1.165, 1.54) is 5.56 Å². The Balaban J connectivity index is 1.48. The van der Waals surface area contributed by atoms with Gasteiger partial charge in [-0.05, 0) is 58.1 Å². The fraction of sp³-hybridized carbons (Fsp3) is 0.650. The highest BCUT2D eigenvalue weighted by molar-refractivity contribution is 5.92. The first kappa shape index (κ1) is 18.2. The van der Waals surface area contributed by atoms with Crippen LogP contribution in [-0.4, -0.2) is 61.4 Å². The first-order chi connectivity index (χ1) is 13.0. The summed E-state index contributed by atoms with van der Waals surface area (Å²) in [6, 6.07) is 2.43. The Labute approximate surface area is 160 Å². The van der Waals surface area contributed by atoms with Crippen LogP contribution in [0.25, 0.3) is 0 Å². The maximum Gasteiger partial charge on any atom is 0.274 e. The molecule has 2 aliphatic heterocycles. The van der Waals surface area contributed by atoms with Crippen LogP contribution in [0.1, 0.15) is 59.3 Å². The van der Waals surface area contributed by atoms with Crippen LogP contribution < -0.4 is 0 Å². The van der Waals surface area contributed by atoms with Gasteiger partial charge in [-0.3, -0.25) is 19.5 Å². The molecule has 0 unspecified atom stereocenters. The zero-order valence-corrected chi connectivity index (χ0v) is 16.7. The fourth-order valence-electron chi connectivity index (χ4n) is 4.35. The molecule has 1 saturated heterocycles. The molecule has 0 radical (unpaired) electrons. The van der Waals surface area contributed by atoms with Crippen LogP contribution >= 0.6 is 0 Å². The molecule has 4 rings (SSSR count). The Morgan fingerprint density at radius 2 is 1.96 bits per heavy atom.